The van der Waals surface area contributed by atoms with Gasteiger partial charge in [0, 0.05) is 17.7 Å². The fourth-order valence-corrected chi connectivity index (χ4v) is 4.21. The average Bonchev–Trinajstić information content (AvgIpc) is 3.12. The number of rotatable bonds is 4. The number of nitro benzene ring substituents is 1. The Morgan fingerprint density at radius 3 is 2.92 bits per heavy atom. The van der Waals surface area contributed by atoms with Crippen molar-refractivity contribution < 1.29 is 9.66 Å². The zero-order chi connectivity index (χ0) is 18.3. The summed E-state index contributed by atoms with van der Waals surface area (Å²) in [6.45, 7) is 2.60. The zero-order valence-electron chi connectivity index (χ0n) is 14.3. The highest BCUT2D eigenvalue weighted by molar-refractivity contribution is 6.32. The molecule has 1 N–H and O–H groups in total. The topological polar surface area (TPSA) is 64.4 Å². The normalized spacial score (nSPS) is 23.1. The number of nitrogens with one attached hydrogen (secondary N) is 1. The van der Waals surface area contributed by atoms with Crippen LogP contribution in [0.5, 0.6) is 5.75 Å². The molecule has 2 aromatic carbocycles. The van der Waals surface area contributed by atoms with Gasteiger partial charge in [0.05, 0.1) is 17.6 Å². The predicted octanol–water partition coefficient (Wildman–Crippen LogP) is 5.47. The third kappa shape index (κ3) is 2.82. The van der Waals surface area contributed by atoms with Gasteiger partial charge in [-0.3, -0.25) is 10.1 Å². The number of benzene rings is 2. The molecule has 0 bridgehead atoms. The molecule has 26 heavy (non-hydrogen) atoms. The maximum absolute atomic E-state index is 11.3. The Kier molecular flexibility index (Phi) is 4.32. The van der Waals surface area contributed by atoms with E-state index in [9.17, 15) is 10.1 Å². The smallest absolute Gasteiger partial charge is 0.288 e. The summed E-state index contributed by atoms with van der Waals surface area (Å²) in [5.74, 6) is 1.44. The van der Waals surface area contributed by atoms with Gasteiger partial charge in [-0.15, -0.1) is 0 Å². The molecule has 6 heteroatoms. The predicted molar refractivity (Wildman–Crippen MR) is 102 cm³/mol. The van der Waals surface area contributed by atoms with Crippen molar-refractivity contribution in [3.05, 3.63) is 74.8 Å². The van der Waals surface area contributed by atoms with Gasteiger partial charge in [0.25, 0.3) is 5.69 Å². The fourth-order valence-electron chi connectivity index (χ4n) is 4.02. The number of nitrogens with zero attached hydrogens (tertiary/aromatic N) is 1. The van der Waals surface area contributed by atoms with E-state index in [0.29, 0.717) is 12.5 Å². The maximum atomic E-state index is 11.3. The quantitative estimate of drug-likeness (QED) is 0.440. The van der Waals surface area contributed by atoms with Crippen molar-refractivity contribution in [2.24, 2.45) is 5.92 Å². The lowest BCUT2D eigenvalue weighted by molar-refractivity contribution is -0.384. The first kappa shape index (κ1) is 16.9. The maximum Gasteiger partial charge on any atom is 0.288 e. The number of fused-ring (bicyclic) bond motifs is 3. The van der Waals surface area contributed by atoms with Gasteiger partial charge in [0.15, 0.2) is 0 Å². The summed E-state index contributed by atoms with van der Waals surface area (Å²) in [4.78, 5) is 10.8. The average molecular weight is 371 g/mol. The van der Waals surface area contributed by atoms with E-state index in [4.69, 9.17) is 16.3 Å². The molecule has 1 aliphatic carbocycles. The molecule has 0 fully saturated rings. The lowest BCUT2D eigenvalue weighted by Crippen LogP contribution is -2.29. The Hall–Kier alpha value is -2.53. The van der Waals surface area contributed by atoms with Gasteiger partial charge in [0.2, 0.25) is 0 Å². The summed E-state index contributed by atoms with van der Waals surface area (Å²) in [7, 11) is 0. The lowest BCUT2D eigenvalue weighted by Gasteiger charge is -2.37. The van der Waals surface area contributed by atoms with Crippen LogP contribution in [0.4, 0.5) is 11.4 Å². The number of anilines is 1. The Bertz CT molecular complexity index is 897. The molecule has 1 heterocycles. The van der Waals surface area contributed by atoms with Crippen LogP contribution in [-0.2, 0) is 0 Å². The summed E-state index contributed by atoms with van der Waals surface area (Å²) in [5, 5.41) is 15.0. The van der Waals surface area contributed by atoms with Crippen LogP contribution in [0.1, 0.15) is 36.4 Å². The van der Waals surface area contributed by atoms with Crippen molar-refractivity contribution in [3.8, 4) is 5.75 Å². The second kappa shape index (κ2) is 6.65. The summed E-state index contributed by atoms with van der Waals surface area (Å²) in [5.41, 5.74) is 3.10. The summed E-state index contributed by atoms with van der Waals surface area (Å²) < 4.78 is 5.65. The van der Waals surface area contributed by atoms with Gasteiger partial charge in [-0.1, -0.05) is 29.8 Å². The minimum absolute atomic E-state index is 0.00332. The van der Waals surface area contributed by atoms with Gasteiger partial charge in [-0.05, 0) is 54.7 Å². The van der Waals surface area contributed by atoms with Crippen LogP contribution in [0, 0.1) is 16.0 Å². The highest BCUT2D eigenvalue weighted by Gasteiger charge is 2.38. The molecule has 0 unspecified atom stereocenters. The number of allylic oxidation sites excluding steroid dienone is 2. The van der Waals surface area contributed by atoms with E-state index in [1.165, 1.54) is 5.56 Å². The van der Waals surface area contributed by atoms with E-state index in [1.807, 2.05) is 25.1 Å². The first-order valence-electron chi connectivity index (χ1n) is 8.72. The van der Waals surface area contributed by atoms with Crippen LogP contribution in [-0.4, -0.2) is 11.5 Å². The van der Waals surface area contributed by atoms with E-state index in [2.05, 4.69) is 23.5 Å². The van der Waals surface area contributed by atoms with Crippen molar-refractivity contribution in [1.29, 1.82) is 0 Å². The fraction of sp³-hybridized carbons (Fsp3) is 0.300. The number of nitro groups is 1. The van der Waals surface area contributed by atoms with Crippen LogP contribution < -0.4 is 10.1 Å². The molecule has 0 amide bonds. The molecule has 134 valence electrons. The molecule has 0 aromatic heterocycles. The third-order valence-corrected chi connectivity index (χ3v) is 5.49. The molecule has 0 radical (unpaired) electrons. The second-order valence-electron chi connectivity index (χ2n) is 6.63. The van der Waals surface area contributed by atoms with Crippen LogP contribution >= 0.6 is 11.6 Å². The van der Waals surface area contributed by atoms with Crippen LogP contribution in [0.3, 0.4) is 0 Å². The third-order valence-electron chi connectivity index (χ3n) is 5.17. The van der Waals surface area contributed by atoms with Gasteiger partial charge >= 0.3 is 0 Å². The summed E-state index contributed by atoms with van der Waals surface area (Å²) >= 11 is 5.98. The van der Waals surface area contributed by atoms with Gasteiger partial charge in [-0.25, -0.2) is 0 Å². The Morgan fingerprint density at radius 2 is 2.15 bits per heavy atom. The van der Waals surface area contributed by atoms with Gasteiger partial charge < -0.3 is 10.1 Å². The van der Waals surface area contributed by atoms with Crippen molar-refractivity contribution in [3.63, 3.8) is 0 Å². The molecule has 3 atom stereocenters. The molecular formula is C20H19ClN2O3. The molecular weight excluding hydrogens is 352 g/mol. The van der Waals surface area contributed by atoms with Crippen LogP contribution in [0.25, 0.3) is 0 Å². The molecule has 0 saturated heterocycles. The molecule has 0 spiro atoms. The lowest BCUT2D eigenvalue weighted by atomic mass is 9.77. The number of ether oxygens (including phenoxy) is 1. The van der Waals surface area contributed by atoms with E-state index in [0.717, 1.165) is 23.4 Å². The van der Waals surface area contributed by atoms with Gasteiger partial charge in [-0.2, -0.15) is 0 Å². The molecule has 5 nitrogen and oxygen atoms in total. The zero-order valence-corrected chi connectivity index (χ0v) is 15.1. The largest absolute Gasteiger partial charge is 0.494 e. The van der Waals surface area contributed by atoms with Crippen molar-refractivity contribution in [2.75, 3.05) is 11.9 Å². The Balaban J connectivity index is 1.74. The molecule has 1 aliphatic heterocycles. The first-order chi connectivity index (χ1) is 12.6. The number of hydrogen-bond donors (Lipinski definition) is 1. The van der Waals surface area contributed by atoms with E-state index >= 15 is 0 Å². The van der Waals surface area contributed by atoms with E-state index in [-0.39, 0.29) is 22.7 Å². The van der Waals surface area contributed by atoms with E-state index < -0.39 is 4.92 Å². The SMILES string of the molecule is CCOc1ccc2c(c1)[C@@H]1C=CC[C@H]1[C@@H](c1ccc(Cl)c([N+](=O)[O-])c1)N2. The molecule has 2 aliphatic rings. The highest BCUT2D eigenvalue weighted by Crippen LogP contribution is 2.51. The van der Waals surface area contributed by atoms with Crippen molar-refractivity contribution in [2.45, 2.75) is 25.3 Å². The first-order valence-corrected chi connectivity index (χ1v) is 9.10. The summed E-state index contributed by atoms with van der Waals surface area (Å²) in [6.07, 6.45) is 5.35. The van der Waals surface area contributed by atoms with Crippen molar-refractivity contribution >= 4 is 23.0 Å². The van der Waals surface area contributed by atoms with Gasteiger partial charge in [0.1, 0.15) is 10.8 Å². The minimum atomic E-state index is -0.429. The summed E-state index contributed by atoms with van der Waals surface area (Å²) in [6, 6.07) is 11.2. The Labute approximate surface area is 156 Å². The number of halogens is 1. The van der Waals surface area contributed by atoms with Crippen molar-refractivity contribution in [1.82, 2.24) is 0 Å². The highest BCUT2D eigenvalue weighted by atomic mass is 35.5. The van der Waals surface area contributed by atoms with Crippen LogP contribution in [0.15, 0.2) is 48.6 Å². The second-order valence-corrected chi connectivity index (χ2v) is 7.03. The molecule has 2 aromatic rings. The minimum Gasteiger partial charge on any atom is -0.494 e. The number of hydrogen-bond acceptors (Lipinski definition) is 4. The monoisotopic (exact) mass is 370 g/mol. The van der Waals surface area contributed by atoms with Crippen LogP contribution in [0.2, 0.25) is 5.02 Å². The standard InChI is InChI=1S/C20H19ClN2O3/c1-2-26-13-7-9-18-16(11-13)14-4-3-5-15(14)20(22-18)12-6-8-17(21)19(10-12)23(24)25/h3-4,6-11,14-15,20,22H,2,5H2,1H3/t14-,15-,20-/m1/s1. The van der Waals surface area contributed by atoms with E-state index in [1.54, 1.807) is 12.1 Å². The molecule has 4 rings (SSSR count). The Morgan fingerprint density at radius 1 is 1.31 bits per heavy atom. The molecule has 0 saturated carbocycles.